The number of aromatic nitrogens is 4. The Morgan fingerprint density at radius 3 is 2.72 bits per heavy atom. The van der Waals surface area contributed by atoms with Gasteiger partial charge >= 0.3 is 0 Å². The second kappa shape index (κ2) is 6.02. The fraction of sp³-hybridized carbons (Fsp3) is 0.150. The summed E-state index contributed by atoms with van der Waals surface area (Å²) in [6.45, 7) is 8.53. The Morgan fingerprint density at radius 1 is 1.08 bits per heavy atom. The third kappa shape index (κ3) is 2.63. The van der Waals surface area contributed by atoms with E-state index in [1.807, 2.05) is 28.7 Å². The topological polar surface area (TPSA) is 55.1 Å². The maximum atomic E-state index is 4.79. The average molecular weight is 329 g/mol. The van der Waals surface area contributed by atoms with Crippen molar-refractivity contribution in [3.8, 4) is 11.4 Å². The molecule has 25 heavy (non-hydrogen) atoms. The van der Waals surface area contributed by atoms with E-state index >= 15 is 0 Å². The Balaban J connectivity index is 2.06. The third-order valence-electron chi connectivity index (χ3n) is 4.17. The van der Waals surface area contributed by atoms with Crippen molar-refractivity contribution < 1.29 is 0 Å². The Labute approximate surface area is 146 Å². The molecular formula is C20H19N5. The molecule has 0 aliphatic carbocycles. The smallest absolute Gasteiger partial charge is 0.211 e. The predicted octanol–water partition coefficient (Wildman–Crippen LogP) is 4.16. The summed E-state index contributed by atoms with van der Waals surface area (Å²) in [4.78, 5) is 4.79. The van der Waals surface area contributed by atoms with E-state index in [4.69, 9.17) is 4.98 Å². The summed E-state index contributed by atoms with van der Waals surface area (Å²) in [5.41, 5.74) is 5.06. The third-order valence-corrected chi connectivity index (χ3v) is 4.17. The number of nitrogens with zero attached hydrogens (tertiary/aromatic N) is 4. The van der Waals surface area contributed by atoms with E-state index in [0.717, 1.165) is 27.9 Å². The summed E-state index contributed by atoms with van der Waals surface area (Å²) >= 11 is 0. The van der Waals surface area contributed by atoms with Crippen molar-refractivity contribution in [3.05, 3.63) is 66.2 Å². The molecule has 4 aromatic rings. The highest BCUT2D eigenvalue weighted by molar-refractivity contribution is 5.93. The summed E-state index contributed by atoms with van der Waals surface area (Å²) in [6.07, 6.45) is 1.81. The van der Waals surface area contributed by atoms with Gasteiger partial charge in [0.25, 0.3) is 0 Å². The lowest BCUT2D eigenvalue weighted by Gasteiger charge is -2.11. The van der Waals surface area contributed by atoms with Gasteiger partial charge in [-0.1, -0.05) is 41.5 Å². The molecule has 0 unspecified atom stereocenters. The van der Waals surface area contributed by atoms with E-state index in [1.54, 1.807) is 0 Å². The van der Waals surface area contributed by atoms with E-state index in [-0.39, 0.29) is 0 Å². The molecule has 2 aromatic heterocycles. The number of benzene rings is 2. The van der Waals surface area contributed by atoms with Gasteiger partial charge in [-0.15, -0.1) is 16.8 Å². The predicted molar refractivity (Wildman–Crippen MR) is 102 cm³/mol. The van der Waals surface area contributed by atoms with Crippen LogP contribution in [0.1, 0.15) is 11.1 Å². The molecule has 0 spiro atoms. The minimum Gasteiger partial charge on any atom is -0.352 e. The van der Waals surface area contributed by atoms with Gasteiger partial charge < -0.3 is 5.32 Å². The molecule has 0 saturated carbocycles. The van der Waals surface area contributed by atoms with Gasteiger partial charge in [-0.05, 0) is 32.0 Å². The molecule has 0 aliphatic heterocycles. The van der Waals surface area contributed by atoms with Gasteiger partial charge in [-0.25, -0.2) is 9.38 Å². The van der Waals surface area contributed by atoms with E-state index < -0.39 is 0 Å². The molecule has 5 heteroatoms. The second-order valence-electron chi connectivity index (χ2n) is 6.18. The first kappa shape index (κ1) is 15.3. The summed E-state index contributed by atoms with van der Waals surface area (Å²) in [5, 5.41) is 13.2. The van der Waals surface area contributed by atoms with Crippen LogP contribution in [-0.2, 0) is 0 Å². The van der Waals surface area contributed by atoms with Gasteiger partial charge in [0.15, 0.2) is 11.5 Å². The van der Waals surface area contributed by atoms with Gasteiger partial charge in [0.2, 0.25) is 5.95 Å². The highest BCUT2D eigenvalue weighted by Crippen LogP contribution is 2.27. The first-order valence-corrected chi connectivity index (χ1v) is 8.24. The quantitative estimate of drug-likeness (QED) is 0.571. The van der Waals surface area contributed by atoms with Crippen LogP contribution in [-0.4, -0.2) is 26.1 Å². The lowest BCUT2D eigenvalue weighted by molar-refractivity contribution is 1.07. The van der Waals surface area contributed by atoms with Crippen LogP contribution in [0.3, 0.4) is 0 Å². The van der Waals surface area contributed by atoms with Crippen LogP contribution in [0.15, 0.2) is 55.1 Å². The van der Waals surface area contributed by atoms with Crippen LogP contribution in [0.4, 0.5) is 5.95 Å². The highest BCUT2D eigenvalue weighted by Gasteiger charge is 2.16. The first-order valence-electron chi connectivity index (χ1n) is 8.24. The molecule has 0 radical (unpaired) electrons. The second-order valence-corrected chi connectivity index (χ2v) is 6.18. The number of rotatable bonds is 4. The van der Waals surface area contributed by atoms with Crippen LogP contribution in [0, 0.1) is 13.8 Å². The molecular weight excluding hydrogens is 310 g/mol. The minimum atomic E-state index is 0.616. The first-order chi connectivity index (χ1) is 12.2. The zero-order valence-corrected chi connectivity index (χ0v) is 14.3. The SMILES string of the molecule is C=CCNc1nc2ccc(C)cc2c2nnc(-c3cccc(C)c3)n12. The standard InChI is InChI=1S/C20H19N5/c1-4-10-21-20-22-17-9-8-14(3)12-16(17)19-24-23-18(25(19)20)15-7-5-6-13(2)11-15/h4-9,11-12H,1,10H2,2-3H3,(H,21,22). The van der Waals surface area contributed by atoms with E-state index in [2.05, 4.69) is 60.2 Å². The average Bonchev–Trinajstić information content (AvgIpc) is 3.05. The van der Waals surface area contributed by atoms with Gasteiger partial charge in [0.1, 0.15) is 0 Å². The molecule has 5 nitrogen and oxygen atoms in total. The number of hydrogen-bond donors (Lipinski definition) is 1. The molecule has 0 amide bonds. The summed E-state index contributed by atoms with van der Waals surface area (Å²) in [7, 11) is 0. The Kier molecular flexibility index (Phi) is 3.69. The largest absolute Gasteiger partial charge is 0.352 e. The fourth-order valence-corrected chi connectivity index (χ4v) is 3.00. The van der Waals surface area contributed by atoms with Crippen molar-refractivity contribution in [1.29, 1.82) is 0 Å². The summed E-state index contributed by atoms with van der Waals surface area (Å²) in [5.74, 6) is 1.49. The van der Waals surface area contributed by atoms with Crippen LogP contribution in [0.2, 0.25) is 0 Å². The van der Waals surface area contributed by atoms with Gasteiger partial charge in [0.05, 0.1) is 5.52 Å². The number of fused-ring (bicyclic) bond motifs is 3. The highest BCUT2D eigenvalue weighted by atomic mass is 15.3. The van der Waals surface area contributed by atoms with E-state index in [1.165, 1.54) is 11.1 Å². The molecule has 0 atom stereocenters. The molecule has 1 N–H and O–H groups in total. The molecule has 2 aromatic carbocycles. The Morgan fingerprint density at radius 2 is 1.92 bits per heavy atom. The minimum absolute atomic E-state index is 0.616. The summed E-state index contributed by atoms with van der Waals surface area (Å²) < 4.78 is 1.99. The molecule has 2 heterocycles. The maximum Gasteiger partial charge on any atom is 0.211 e. The lowest BCUT2D eigenvalue weighted by atomic mass is 10.1. The number of aryl methyl sites for hydroxylation is 2. The van der Waals surface area contributed by atoms with Crippen LogP contribution in [0.5, 0.6) is 0 Å². The fourth-order valence-electron chi connectivity index (χ4n) is 3.00. The van der Waals surface area contributed by atoms with E-state index in [0.29, 0.717) is 12.5 Å². The molecule has 0 bridgehead atoms. The molecule has 4 rings (SSSR count). The van der Waals surface area contributed by atoms with Gasteiger partial charge in [-0.2, -0.15) is 0 Å². The monoisotopic (exact) mass is 329 g/mol. The number of hydrogen-bond acceptors (Lipinski definition) is 4. The Hall–Kier alpha value is -3.21. The van der Waals surface area contributed by atoms with Crippen LogP contribution in [0.25, 0.3) is 27.9 Å². The molecule has 0 fully saturated rings. The zero-order valence-electron chi connectivity index (χ0n) is 14.3. The normalized spacial score (nSPS) is 11.1. The lowest BCUT2D eigenvalue weighted by Crippen LogP contribution is -2.08. The van der Waals surface area contributed by atoms with Gasteiger partial charge in [0, 0.05) is 17.5 Å². The van der Waals surface area contributed by atoms with Gasteiger partial charge in [-0.3, -0.25) is 0 Å². The zero-order chi connectivity index (χ0) is 17.4. The number of anilines is 1. The van der Waals surface area contributed by atoms with Crippen molar-refractivity contribution in [2.75, 3.05) is 11.9 Å². The van der Waals surface area contributed by atoms with Crippen LogP contribution < -0.4 is 5.32 Å². The Bertz CT molecular complexity index is 1090. The molecule has 0 saturated heterocycles. The van der Waals surface area contributed by atoms with Crippen molar-refractivity contribution in [1.82, 2.24) is 19.6 Å². The van der Waals surface area contributed by atoms with Crippen molar-refractivity contribution in [2.45, 2.75) is 13.8 Å². The van der Waals surface area contributed by atoms with Crippen molar-refractivity contribution in [2.24, 2.45) is 0 Å². The van der Waals surface area contributed by atoms with Crippen molar-refractivity contribution >= 4 is 22.5 Å². The molecule has 124 valence electrons. The summed E-state index contributed by atoms with van der Waals surface area (Å²) in [6, 6.07) is 14.4. The van der Waals surface area contributed by atoms with Crippen LogP contribution >= 0.6 is 0 Å². The van der Waals surface area contributed by atoms with Crippen molar-refractivity contribution in [3.63, 3.8) is 0 Å². The van der Waals surface area contributed by atoms with E-state index in [9.17, 15) is 0 Å². The molecule has 0 aliphatic rings. The number of nitrogens with one attached hydrogen (secondary N) is 1. The maximum absolute atomic E-state index is 4.79.